The van der Waals surface area contributed by atoms with Crippen molar-refractivity contribution < 1.29 is 9.84 Å². The van der Waals surface area contributed by atoms with Gasteiger partial charge in [0.05, 0.1) is 13.2 Å². The third kappa shape index (κ3) is 2.82. The number of anilines is 2. The molecule has 6 heteroatoms. The van der Waals surface area contributed by atoms with E-state index < -0.39 is 0 Å². The molecule has 0 saturated carbocycles. The minimum atomic E-state index is -0.0329. The fourth-order valence-corrected chi connectivity index (χ4v) is 3.37. The Balaban J connectivity index is 1.79. The number of hydrogen-bond donors (Lipinski definition) is 2. The van der Waals surface area contributed by atoms with Gasteiger partial charge in [0.25, 0.3) is 0 Å². The van der Waals surface area contributed by atoms with E-state index in [0.29, 0.717) is 12.0 Å². The molecule has 0 amide bonds. The lowest BCUT2D eigenvalue weighted by molar-refractivity contribution is -0.0410. The average Bonchev–Trinajstić information content (AvgIpc) is 2.87. The Hall–Kier alpha value is -1.40. The van der Waals surface area contributed by atoms with Gasteiger partial charge in [0, 0.05) is 43.1 Å². The first-order valence-electron chi connectivity index (χ1n) is 7.65. The molecule has 3 heterocycles. The van der Waals surface area contributed by atoms with Crippen LogP contribution in [0.5, 0.6) is 0 Å². The van der Waals surface area contributed by atoms with Gasteiger partial charge < -0.3 is 20.1 Å². The standard InChI is InChI=1S/C15H24N4O2/c1-11(2)18-13-5-14(17-10-16-13)19-6-12-7-21-4-3-15(12,8-19)9-20/h5,10-12,20H,3-4,6-9H2,1-2H3,(H,16,17,18)/t12-,15-/m1/s1. The highest BCUT2D eigenvalue weighted by molar-refractivity contribution is 5.50. The second kappa shape index (κ2) is 5.77. The molecular formula is C15H24N4O2. The first kappa shape index (κ1) is 14.5. The Morgan fingerprint density at radius 3 is 3.10 bits per heavy atom. The van der Waals surface area contributed by atoms with E-state index in [-0.39, 0.29) is 12.0 Å². The molecule has 0 unspecified atom stereocenters. The Morgan fingerprint density at radius 2 is 2.38 bits per heavy atom. The van der Waals surface area contributed by atoms with Crippen LogP contribution in [0.2, 0.25) is 0 Å². The number of nitrogens with one attached hydrogen (secondary N) is 1. The van der Waals surface area contributed by atoms with Gasteiger partial charge in [0.15, 0.2) is 0 Å². The van der Waals surface area contributed by atoms with E-state index in [1.807, 2.05) is 6.07 Å². The highest BCUT2D eigenvalue weighted by atomic mass is 16.5. The van der Waals surface area contributed by atoms with Crippen LogP contribution in [0.15, 0.2) is 12.4 Å². The molecule has 2 aliphatic heterocycles. The highest BCUT2D eigenvalue weighted by Gasteiger charge is 2.48. The largest absolute Gasteiger partial charge is 0.396 e. The third-order valence-corrected chi connectivity index (χ3v) is 4.60. The molecular weight excluding hydrogens is 268 g/mol. The zero-order chi connectivity index (χ0) is 14.9. The number of aliphatic hydroxyl groups is 1. The number of nitrogens with zero attached hydrogens (tertiary/aromatic N) is 3. The van der Waals surface area contributed by atoms with Crippen molar-refractivity contribution in [2.75, 3.05) is 43.1 Å². The summed E-state index contributed by atoms with van der Waals surface area (Å²) in [6, 6.07) is 2.33. The van der Waals surface area contributed by atoms with Gasteiger partial charge in [-0.05, 0) is 20.3 Å². The van der Waals surface area contributed by atoms with E-state index in [2.05, 4.69) is 34.0 Å². The molecule has 0 aromatic carbocycles. The monoisotopic (exact) mass is 292 g/mol. The molecule has 116 valence electrons. The van der Waals surface area contributed by atoms with E-state index in [0.717, 1.165) is 44.4 Å². The second-order valence-electron chi connectivity index (χ2n) is 6.48. The molecule has 1 aromatic heterocycles. The summed E-state index contributed by atoms with van der Waals surface area (Å²) in [7, 11) is 0. The van der Waals surface area contributed by atoms with Crippen molar-refractivity contribution in [2.45, 2.75) is 26.3 Å². The topological polar surface area (TPSA) is 70.5 Å². The second-order valence-corrected chi connectivity index (χ2v) is 6.48. The van der Waals surface area contributed by atoms with E-state index in [1.165, 1.54) is 0 Å². The van der Waals surface area contributed by atoms with Crippen LogP contribution in [0.25, 0.3) is 0 Å². The van der Waals surface area contributed by atoms with Crippen LogP contribution in [-0.4, -0.2) is 54.0 Å². The van der Waals surface area contributed by atoms with Crippen molar-refractivity contribution in [3.63, 3.8) is 0 Å². The van der Waals surface area contributed by atoms with Gasteiger partial charge in [-0.2, -0.15) is 0 Å². The maximum Gasteiger partial charge on any atom is 0.134 e. The van der Waals surface area contributed by atoms with Crippen LogP contribution in [0, 0.1) is 11.3 Å². The van der Waals surface area contributed by atoms with Crippen molar-refractivity contribution in [3.05, 3.63) is 12.4 Å². The quantitative estimate of drug-likeness (QED) is 0.867. The van der Waals surface area contributed by atoms with E-state index in [9.17, 15) is 5.11 Å². The van der Waals surface area contributed by atoms with Crippen molar-refractivity contribution in [1.29, 1.82) is 0 Å². The van der Waals surface area contributed by atoms with Crippen LogP contribution in [0.3, 0.4) is 0 Å². The molecule has 3 rings (SSSR count). The minimum absolute atomic E-state index is 0.0329. The van der Waals surface area contributed by atoms with Crippen molar-refractivity contribution in [3.8, 4) is 0 Å². The number of rotatable bonds is 4. The molecule has 0 bridgehead atoms. The number of fused-ring (bicyclic) bond motifs is 1. The maximum atomic E-state index is 9.86. The summed E-state index contributed by atoms with van der Waals surface area (Å²) in [5.74, 6) is 2.15. The fourth-order valence-electron chi connectivity index (χ4n) is 3.37. The van der Waals surface area contributed by atoms with Crippen LogP contribution in [-0.2, 0) is 4.74 Å². The molecule has 0 radical (unpaired) electrons. The van der Waals surface area contributed by atoms with Crippen molar-refractivity contribution in [1.82, 2.24) is 9.97 Å². The molecule has 21 heavy (non-hydrogen) atoms. The summed E-state index contributed by atoms with van der Waals surface area (Å²) in [4.78, 5) is 10.9. The van der Waals surface area contributed by atoms with Crippen molar-refractivity contribution in [2.24, 2.45) is 11.3 Å². The Kier molecular flexibility index (Phi) is 3.99. The molecule has 2 fully saturated rings. The molecule has 2 saturated heterocycles. The predicted octanol–water partition coefficient (Wildman–Crippen LogP) is 1.13. The lowest BCUT2D eigenvalue weighted by Gasteiger charge is -2.36. The van der Waals surface area contributed by atoms with E-state index in [4.69, 9.17) is 4.74 Å². The number of ether oxygens (including phenoxy) is 1. The number of hydrogen-bond acceptors (Lipinski definition) is 6. The highest BCUT2D eigenvalue weighted by Crippen LogP contribution is 2.42. The van der Waals surface area contributed by atoms with E-state index >= 15 is 0 Å². The zero-order valence-corrected chi connectivity index (χ0v) is 12.7. The van der Waals surface area contributed by atoms with Crippen LogP contribution in [0.4, 0.5) is 11.6 Å². The van der Waals surface area contributed by atoms with Gasteiger partial charge in [0.2, 0.25) is 0 Å². The van der Waals surface area contributed by atoms with Crippen LogP contribution in [0.1, 0.15) is 20.3 Å². The minimum Gasteiger partial charge on any atom is -0.396 e. The van der Waals surface area contributed by atoms with Gasteiger partial charge in [-0.15, -0.1) is 0 Å². The molecule has 0 aliphatic carbocycles. The molecule has 2 N–H and O–H groups in total. The molecule has 1 aromatic rings. The van der Waals surface area contributed by atoms with Gasteiger partial charge in [-0.3, -0.25) is 0 Å². The first-order valence-corrected chi connectivity index (χ1v) is 7.65. The van der Waals surface area contributed by atoms with Crippen LogP contribution >= 0.6 is 0 Å². The molecule has 0 spiro atoms. The summed E-state index contributed by atoms with van der Waals surface area (Å²) in [5, 5.41) is 13.2. The lowest BCUT2D eigenvalue weighted by Crippen LogP contribution is -2.41. The normalized spacial score (nSPS) is 28.8. The van der Waals surface area contributed by atoms with Gasteiger partial charge in [0.1, 0.15) is 18.0 Å². The van der Waals surface area contributed by atoms with Crippen LogP contribution < -0.4 is 10.2 Å². The smallest absolute Gasteiger partial charge is 0.134 e. The third-order valence-electron chi connectivity index (χ3n) is 4.60. The Bertz CT molecular complexity index is 496. The van der Waals surface area contributed by atoms with Crippen molar-refractivity contribution >= 4 is 11.6 Å². The lowest BCUT2D eigenvalue weighted by atomic mass is 9.75. The number of aromatic nitrogens is 2. The zero-order valence-electron chi connectivity index (χ0n) is 12.7. The van der Waals surface area contributed by atoms with E-state index in [1.54, 1.807) is 6.33 Å². The molecule has 6 nitrogen and oxygen atoms in total. The summed E-state index contributed by atoms with van der Waals surface area (Å²) < 4.78 is 5.59. The average molecular weight is 292 g/mol. The SMILES string of the molecule is CC(C)Nc1cc(N2C[C@@H]3COCC[C@]3(CO)C2)ncn1. The van der Waals surface area contributed by atoms with Gasteiger partial charge in [-0.1, -0.05) is 0 Å². The molecule has 2 aliphatic rings. The number of aliphatic hydroxyl groups excluding tert-OH is 1. The summed E-state index contributed by atoms with van der Waals surface area (Å²) in [6.07, 6.45) is 2.52. The molecule has 2 atom stereocenters. The summed E-state index contributed by atoms with van der Waals surface area (Å²) in [5.41, 5.74) is -0.0329. The predicted molar refractivity (Wildman–Crippen MR) is 81.4 cm³/mol. The summed E-state index contributed by atoms with van der Waals surface area (Å²) in [6.45, 7) is 7.61. The van der Waals surface area contributed by atoms with Gasteiger partial charge >= 0.3 is 0 Å². The first-order chi connectivity index (χ1) is 10.1. The summed E-state index contributed by atoms with van der Waals surface area (Å²) >= 11 is 0. The maximum absolute atomic E-state index is 9.86. The fraction of sp³-hybridized carbons (Fsp3) is 0.733. The Morgan fingerprint density at radius 1 is 1.52 bits per heavy atom. The Labute approximate surface area is 125 Å². The van der Waals surface area contributed by atoms with Gasteiger partial charge in [-0.25, -0.2) is 9.97 Å².